The van der Waals surface area contributed by atoms with E-state index in [0.29, 0.717) is 19.4 Å². The Morgan fingerprint density at radius 3 is 3.07 bits per heavy atom. The molecule has 8 nitrogen and oxygen atoms in total. The van der Waals surface area contributed by atoms with Crippen molar-refractivity contribution in [2.45, 2.75) is 43.4 Å². The average molecular weight is 413 g/mol. The van der Waals surface area contributed by atoms with Crippen LogP contribution in [0.1, 0.15) is 24.8 Å². The number of fused-ring (bicyclic) bond motifs is 2. The third-order valence-electron chi connectivity index (χ3n) is 5.50. The lowest BCUT2D eigenvalue weighted by Crippen LogP contribution is -2.28. The number of benzene rings is 1. The van der Waals surface area contributed by atoms with Crippen LogP contribution in [-0.2, 0) is 17.9 Å². The quantitative estimate of drug-likeness (QED) is 0.546. The third kappa shape index (κ3) is 4.03. The predicted octanol–water partition coefficient (Wildman–Crippen LogP) is 3.20. The molecule has 152 valence electrons. The van der Waals surface area contributed by atoms with E-state index < -0.39 is 0 Å². The molecule has 9 heteroatoms. The number of nitrogens with one attached hydrogen (secondary N) is 2. The van der Waals surface area contributed by atoms with E-state index in [1.165, 1.54) is 24.8 Å². The van der Waals surface area contributed by atoms with Crippen molar-refractivity contribution in [1.29, 1.82) is 0 Å². The topological polar surface area (TPSA) is 86.1 Å². The summed E-state index contributed by atoms with van der Waals surface area (Å²) in [7, 11) is 2.05. The van der Waals surface area contributed by atoms with Crippen LogP contribution in [0.2, 0.25) is 0 Å². The first-order valence-electron chi connectivity index (χ1n) is 9.91. The monoisotopic (exact) mass is 412 g/mol. The van der Waals surface area contributed by atoms with Crippen molar-refractivity contribution in [2.24, 2.45) is 5.92 Å². The number of imidazole rings is 1. The van der Waals surface area contributed by atoms with Gasteiger partial charge in [0.1, 0.15) is 12.1 Å². The van der Waals surface area contributed by atoms with Gasteiger partial charge in [-0.15, -0.1) is 0 Å². The van der Waals surface area contributed by atoms with Crippen molar-refractivity contribution in [2.75, 3.05) is 18.6 Å². The third-order valence-corrected chi connectivity index (χ3v) is 6.28. The number of hydrogen-bond donors (Lipinski definition) is 2. The van der Waals surface area contributed by atoms with Gasteiger partial charge in [-0.05, 0) is 62.4 Å². The van der Waals surface area contributed by atoms with E-state index in [1.807, 2.05) is 18.5 Å². The Bertz CT molecular complexity index is 1010. The fraction of sp³-hybridized carbons (Fsp3) is 0.450. The van der Waals surface area contributed by atoms with Crippen LogP contribution in [-0.4, -0.2) is 39.4 Å². The first kappa shape index (κ1) is 18.7. The molecular formula is C20H24N6O2S. The lowest BCUT2D eigenvalue weighted by Gasteiger charge is -2.18. The Labute approximate surface area is 173 Å². The first-order chi connectivity index (χ1) is 14.3. The van der Waals surface area contributed by atoms with Crippen molar-refractivity contribution >= 4 is 28.9 Å². The standard InChI is InChI=1S/C20H24N6O2S/c1-21-16(13-2-3-13)6-7-26-11-24-18-19(22-10-23-20(18)26)25-29-15-4-5-17-14(8-15)9-27-12-28-17/h4-5,8,10-11,13,16,21H,2-3,6-7,9,12H2,1H3,(H,22,23,25). The molecule has 1 saturated carbocycles. The molecule has 1 aromatic carbocycles. The molecule has 0 bridgehead atoms. The smallest absolute Gasteiger partial charge is 0.189 e. The van der Waals surface area contributed by atoms with Gasteiger partial charge in [0.05, 0.1) is 12.9 Å². The second-order valence-electron chi connectivity index (χ2n) is 7.44. The summed E-state index contributed by atoms with van der Waals surface area (Å²) in [6.07, 6.45) is 7.21. The van der Waals surface area contributed by atoms with E-state index >= 15 is 0 Å². The summed E-state index contributed by atoms with van der Waals surface area (Å²) >= 11 is 1.49. The molecule has 2 aromatic heterocycles. The molecule has 29 heavy (non-hydrogen) atoms. The Kier molecular flexibility index (Phi) is 5.26. The summed E-state index contributed by atoms with van der Waals surface area (Å²) in [5.74, 6) is 2.43. The normalized spacial score (nSPS) is 17.0. The van der Waals surface area contributed by atoms with Crippen molar-refractivity contribution in [3.05, 3.63) is 36.4 Å². The lowest BCUT2D eigenvalue weighted by molar-refractivity contribution is -0.0165. The molecule has 2 aliphatic rings. The zero-order valence-corrected chi connectivity index (χ0v) is 17.1. The fourth-order valence-electron chi connectivity index (χ4n) is 3.75. The van der Waals surface area contributed by atoms with Gasteiger partial charge in [0.25, 0.3) is 0 Å². The SMILES string of the molecule is CNC(CCn1cnc2c(NSc3ccc4c(c3)COCO4)ncnc21)C1CC1. The summed E-state index contributed by atoms with van der Waals surface area (Å²) in [6.45, 7) is 1.78. The minimum absolute atomic E-state index is 0.315. The van der Waals surface area contributed by atoms with Gasteiger partial charge in [0, 0.05) is 23.0 Å². The Hall–Kier alpha value is -2.36. The zero-order valence-electron chi connectivity index (χ0n) is 16.3. The van der Waals surface area contributed by atoms with E-state index in [2.05, 4.69) is 42.7 Å². The van der Waals surface area contributed by atoms with E-state index in [-0.39, 0.29) is 0 Å². The number of nitrogens with zero attached hydrogens (tertiary/aromatic N) is 4. The molecular weight excluding hydrogens is 388 g/mol. The van der Waals surface area contributed by atoms with Crippen molar-refractivity contribution in [3.63, 3.8) is 0 Å². The average Bonchev–Trinajstić information content (AvgIpc) is 3.52. The summed E-state index contributed by atoms with van der Waals surface area (Å²) in [4.78, 5) is 14.5. The number of anilines is 1. The Balaban J connectivity index is 1.28. The summed E-state index contributed by atoms with van der Waals surface area (Å²) < 4.78 is 16.3. The van der Waals surface area contributed by atoms with Gasteiger partial charge in [0.15, 0.2) is 23.8 Å². The van der Waals surface area contributed by atoms with Gasteiger partial charge >= 0.3 is 0 Å². The highest BCUT2D eigenvalue weighted by molar-refractivity contribution is 8.00. The van der Waals surface area contributed by atoms with E-state index in [0.717, 1.165) is 52.1 Å². The van der Waals surface area contributed by atoms with Crippen LogP contribution in [0.25, 0.3) is 11.2 Å². The Morgan fingerprint density at radius 2 is 2.21 bits per heavy atom. The van der Waals surface area contributed by atoms with Crippen molar-refractivity contribution < 1.29 is 9.47 Å². The molecule has 1 fully saturated rings. The van der Waals surface area contributed by atoms with Crippen molar-refractivity contribution in [1.82, 2.24) is 24.8 Å². The van der Waals surface area contributed by atoms with E-state index in [4.69, 9.17) is 9.47 Å². The molecule has 1 aliphatic heterocycles. The molecule has 0 spiro atoms. The highest BCUT2D eigenvalue weighted by atomic mass is 32.2. The molecule has 3 aromatic rings. The van der Waals surface area contributed by atoms with E-state index in [1.54, 1.807) is 6.33 Å². The van der Waals surface area contributed by atoms with Gasteiger partial charge in [-0.25, -0.2) is 15.0 Å². The van der Waals surface area contributed by atoms with E-state index in [9.17, 15) is 0 Å². The van der Waals surface area contributed by atoms with Gasteiger partial charge in [-0.2, -0.15) is 0 Å². The predicted molar refractivity (Wildman–Crippen MR) is 112 cm³/mol. The molecule has 0 radical (unpaired) electrons. The maximum atomic E-state index is 5.48. The van der Waals surface area contributed by atoms with Gasteiger partial charge in [0.2, 0.25) is 0 Å². The summed E-state index contributed by atoms with van der Waals surface area (Å²) in [5.41, 5.74) is 2.70. The number of ether oxygens (including phenoxy) is 2. The number of aromatic nitrogens is 4. The maximum Gasteiger partial charge on any atom is 0.189 e. The highest BCUT2D eigenvalue weighted by Crippen LogP contribution is 2.34. The fourth-order valence-corrected chi connectivity index (χ4v) is 4.45. The zero-order chi connectivity index (χ0) is 19.6. The summed E-state index contributed by atoms with van der Waals surface area (Å²) in [6, 6.07) is 6.64. The molecule has 3 heterocycles. The maximum absolute atomic E-state index is 5.48. The van der Waals surface area contributed by atoms with Crippen LogP contribution >= 0.6 is 11.9 Å². The molecule has 1 unspecified atom stereocenters. The van der Waals surface area contributed by atoms with Crippen molar-refractivity contribution in [3.8, 4) is 5.75 Å². The first-order valence-corrected chi connectivity index (χ1v) is 10.7. The second-order valence-corrected chi connectivity index (χ2v) is 8.32. The second kappa shape index (κ2) is 8.17. The molecule has 2 N–H and O–H groups in total. The highest BCUT2D eigenvalue weighted by Gasteiger charge is 2.29. The minimum Gasteiger partial charge on any atom is -0.467 e. The molecule has 0 saturated heterocycles. The van der Waals surface area contributed by atoms with Crippen LogP contribution in [0.15, 0.2) is 35.7 Å². The van der Waals surface area contributed by atoms with Crippen LogP contribution in [0.4, 0.5) is 5.82 Å². The van der Waals surface area contributed by atoms with Gasteiger partial charge < -0.3 is 24.1 Å². The van der Waals surface area contributed by atoms with Gasteiger partial charge in [-0.1, -0.05) is 0 Å². The number of aryl methyl sites for hydroxylation is 1. The Morgan fingerprint density at radius 1 is 1.28 bits per heavy atom. The largest absolute Gasteiger partial charge is 0.467 e. The van der Waals surface area contributed by atoms with Crippen LogP contribution in [0, 0.1) is 5.92 Å². The number of rotatable bonds is 8. The molecule has 1 atom stereocenters. The van der Waals surface area contributed by atoms with Crippen LogP contribution < -0.4 is 14.8 Å². The van der Waals surface area contributed by atoms with Crippen LogP contribution in [0.3, 0.4) is 0 Å². The number of hydrogen-bond acceptors (Lipinski definition) is 8. The molecule has 1 aliphatic carbocycles. The summed E-state index contributed by atoms with van der Waals surface area (Å²) in [5, 5.41) is 3.45. The minimum atomic E-state index is 0.315. The lowest BCUT2D eigenvalue weighted by atomic mass is 10.1. The molecule has 0 amide bonds. The van der Waals surface area contributed by atoms with Gasteiger partial charge in [-0.3, -0.25) is 0 Å². The van der Waals surface area contributed by atoms with Crippen LogP contribution in [0.5, 0.6) is 5.75 Å². The molecule has 5 rings (SSSR count).